The Kier molecular flexibility index (Phi) is 1.37. The first-order chi connectivity index (χ1) is 5.09. The van der Waals surface area contributed by atoms with Crippen LogP contribution in [0.1, 0.15) is 33.1 Å². The highest BCUT2D eigenvalue weighted by Crippen LogP contribution is 2.37. The van der Waals surface area contributed by atoms with Gasteiger partial charge in [0, 0.05) is 18.0 Å². The van der Waals surface area contributed by atoms with Gasteiger partial charge >= 0.3 is 0 Å². The van der Waals surface area contributed by atoms with Gasteiger partial charge in [-0.2, -0.15) is 0 Å². The van der Waals surface area contributed by atoms with E-state index in [2.05, 4.69) is 18.7 Å². The number of hydrogen-bond acceptors (Lipinski definition) is 2. The molecular formula is C9H15NO. The summed E-state index contributed by atoms with van der Waals surface area (Å²) in [6.07, 6.45) is 3.36. The van der Waals surface area contributed by atoms with Crippen molar-refractivity contribution in [3.8, 4) is 0 Å². The van der Waals surface area contributed by atoms with Crippen LogP contribution in [0, 0.1) is 0 Å². The lowest BCUT2D eigenvalue weighted by molar-refractivity contribution is -0.117. The van der Waals surface area contributed by atoms with Crippen LogP contribution in [0.2, 0.25) is 0 Å². The summed E-state index contributed by atoms with van der Waals surface area (Å²) in [4.78, 5) is 13.5. The van der Waals surface area contributed by atoms with Crippen LogP contribution in [0.25, 0.3) is 0 Å². The fraction of sp³-hybridized carbons (Fsp3) is 0.889. The highest BCUT2D eigenvalue weighted by atomic mass is 16.1. The molecule has 11 heavy (non-hydrogen) atoms. The van der Waals surface area contributed by atoms with Crippen molar-refractivity contribution >= 4 is 5.78 Å². The van der Waals surface area contributed by atoms with Crippen LogP contribution >= 0.6 is 0 Å². The third-order valence-corrected chi connectivity index (χ3v) is 2.74. The van der Waals surface area contributed by atoms with Gasteiger partial charge in [-0.15, -0.1) is 0 Å². The molecule has 1 saturated heterocycles. The van der Waals surface area contributed by atoms with E-state index in [1.165, 1.54) is 12.8 Å². The second-order valence-corrected chi connectivity index (χ2v) is 4.39. The van der Waals surface area contributed by atoms with Gasteiger partial charge in [0.1, 0.15) is 5.78 Å². The molecule has 0 amide bonds. The average Bonchev–Trinajstić information content (AvgIpc) is 2.59. The molecule has 0 unspecified atom stereocenters. The quantitative estimate of drug-likeness (QED) is 0.564. The molecular weight excluding hydrogens is 138 g/mol. The van der Waals surface area contributed by atoms with Gasteiger partial charge < -0.3 is 0 Å². The smallest absolute Gasteiger partial charge is 0.148 e. The Morgan fingerprint density at radius 2 is 2.09 bits per heavy atom. The van der Waals surface area contributed by atoms with E-state index in [0.29, 0.717) is 12.3 Å². The molecule has 2 heteroatoms. The van der Waals surface area contributed by atoms with Crippen molar-refractivity contribution in [2.45, 2.75) is 44.7 Å². The Morgan fingerprint density at radius 1 is 1.45 bits per heavy atom. The maximum atomic E-state index is 11.2. The Balaban J connectivity index is 2.13. The summed E-state index contributed by atoms with van der Waals surface area (Å²) >= 11 is 0. The summed E-state index contributed by atoms with van der Waals surface area (Å²) in [6, 6.07) is 0.733. The highest BCUT2D eigenvalue weighted by Gasteiger charge is 2.44. The Morgan fingerprint density at radius 3 is 2.45 bits per heavy atom. The number of likely N-dealkylation sites (tertiary alicyclic amines) is 1. The lowest BCUT2D eigenvalue weighted by Gasteiger charge is -2.30. The van der Waals surface area contributed by atoms with E-state index in [-0.39, 0.29) is 5.54 Å². The summed E-state index contributed by atoms with van der Waals surface area (Å²) < 4.78 is 0. The normalized spacial score (nSPS) is 31.3. The lowest BCUT2D eigenvalue weighted by atomic mass is 10.0. The Hall–Kier alpha value is -0.370. The summed E-state index contributed by atoms with van der Waals surface area (Å²) in [6.45, 7) is 5.06. The fourth-order valence-electron chi connectivity index (χ4n) is 2.05. The van der Waals surface area contributed by atoms with Crippen molar-refractivity contribution in [1.82, 2.24) is 4.90 Å². The third-order valence-electron chi connectivity index (χ3n) is 2.74. The molecule has 0 atom stereocenters. The molecule has 1 aliphatic carbocycles. The first kappa shape index (κ1) is 7.29. The molecule has 62 valence electrons. The average molecular weight is 153 g/mol. The molecule has 0 N–H and O–H groups in total. The molecule has 2 nitrogen and oxygen atoms in total. The molecule has 2 rings (SSSR count). The van der Waals surface area contributed by atoms with Crippen molar-refractivity contribution in [2.75, 3.05) is 6.54 Å². The van der Waals surface area contributed by atoms with Gasteiger partial charge in [-0.25, -0.2) is 0 Å². The molecule has 1 saturated carbocycles. The zero-order valence-electron chi connectivity index (χ0n) is 7.26. The van der Waals surface area contributed by atoms with Gasteiger partial charge in [0.2, 0.25) is 0 Å². The van der Waals surface area contributed by atoms with E-state index in [9.17, 15) is 4.79 Å². The molecule has 2 aliphatic rings. The zero-order chi connectivity index (χ0) is 8.06. The Bertz CT molecular complexity index is 194. The predicted octanol–water partition coefficient (Wildman–Crippen LogP) is 1.20. The number of rotatable bonds is 1. The molecule has 0 radical (unpaired) electrons. The van der Waals surface area contributed by atoms with Crippen molar-refractivity contribution in [2.24, 2.45) is 0 Å². The SMILES string of the molecule is CC1(C)CC(=O)CN1C1CC1. The van der Waals surface area contributed by atoms with Crippen LogP contribution in [-0.2, 0) is 4.79 Å². The first-order valence-electron chi connectivity index (χ1n) is 4.38. The van der Waals surface area contributed by atoms with Crippen molar-refractivity contribution in [3.63, 3.8) is 0 Å². The maximum absolute atomic E-state index is 11.2. The molecule has 1 aliphatic heterocycles. The maximum Gasteiger partial charge on any atom is 0.148 e. The predicted molar refractivity (Wildman–Crippen MR) is 43.4 cm³/mol. The zero-order valence-corrected chi connectivity index (χ0v) is 7.26. The van der Waals surface area contributed by atoms with Crippen LogP contribution in [0.15, 0.2) is 0 Å². The van der Waals surface area contributed by atoms with Crippen molar-refractivity contribution in [3.05, 3.63) is 0 Å². The van der Waals surface area contributed by atoms with E-state index in [1.54, 1.807) is 0 Å². The second kappa shape index (κ2) is 2.07. The van der Waals surface area contributed by atoms with Crippen LogP contribution in [0.3, 0.4) is 0 Å². The fourth-order valence-corrected chi connectivity index (χ4v) is 2.05. The number of Topliss-reactive ketones (excluding diaryl/α,β-unsaturated/α-hetero) is 1. The summed E-state index contributed by atoms with van der Waals surface area (Å²) in [7, 11) is 0. The molecule has 0 spiro atoms. The van der Waals surface area contributed by atoms with Gasteiger partial charge in [0.25, 0.3) is 0 Å². The van der Waals surface area contributed by atoms with Crippen LogP contribution < -0.4 is 0 Å². The van der Waals surface area contributed by atoms with Gasteiger partial charge in [-0.1, -0.05) is 0 Å². The monoisotopic (exact) mass is 153 g/mol. The molecule has 0 aromatic heterocycles. The van der Waals surface area contributed by atoms with Gasteiger partial charge in [0.15, 0.2) is 0 Å². The van der Waals surface area contributed by atoms with Crippen molar-refractivity contribution in [1.29, 1.82) is 0 Å². The Labute approximate surface area is 67.6 Å². The minimum atomic E-state index is 0.151. The lowest BCUT2D eigenvalue weighted by Crippen LogP contribution is -2.39. The topological polar surface area (TPSA) is 20.3 Å². The summed E-state index contributed by atoms with van der Waals surface area (Å²) in [5.41, 5.74) is 0.151. The summed E-state index contributed by atoms with van der Waals surface area (Å²) in [5.74, 6) is 0.418. The second-order valence-electron chi connectivity index (χ2n) is 4.39. The standard InChI is InChI=1S/C9H15NO/c1-9(2)5-8(11)6-10(9)7-3-4-7/h7H,3-6H2,1-2H3. The molecule has 0 aromatic carbocycles. The summed E-state index contributed by atoms with van der Waals surface area (Å²) in [5, 5.41) is 0. The third kappa shape index (κ3) is 1.20. The minimum absolute atomic E-state index is 0.151. The van der Waals surface area contributed by atoms with E-state index in [4.69, 9.17) is 0 Å². The molecule has 1 heterocycles. The number of carbonyl (C=O) groups excluding carboxylic acids is 1. The van der Waals surface area contributed by atoms with E-state index in [0.717, 1.165) is 12.5 Å². The molecule has 0 bridgehead atoms. The van der Waals surface area contributed by atoms with Crippen LogP contribution in [0.5, 0.6) is 0 Å². The van der Waals surface area contributed by atoms with E-state index >= 15 is 0 Å². The molecule has 0 aromatic rings. The van der Waals surface area contributed by atoms with Gasteiger partial charge in [-0.05, 0) is 26.7 Å². The van der Waals surface area contributed by atoms with Crippen LogP contribution in [0.4, 0.5) is 0 Å². The number of carbonyl (C=O) groups is 1. The van der Waals surface area contributed by atoms with Gasteiger partial charge in [0.05, 0.1) is 6.54 Å². The highest BCUT2D eigenvalue weighted by molar-refractivity contribution is 5.84. The molecule has 2 fully saturated rings. The first-order valence-corrected chi connectivity index (χ1v) is 4.38. The van der Waals surface area contributed by atoms with E-state index < -0.39 is 0 Å². The number of ketones is 1. The van der Waals surface area contributed by atoms with Crippen LogP contribution in [-0.4, -0.2) is 28.8 Å². The number of nitrogens with zero attached hydrogens (tertiary/aromatic N) is 1. The number of hydrogen-bond donors (Lipinski definition) is 0. The van der Waals surface area contributed by atoms with E-state index in [1.807, 2.05) is 0 Å². The van der Waals surface area contributed by atoms with Gasteiger partial charge in [-0.3, -0.25) is 9.69 Å². The largest absolute Gasteiger partial charge is 0.298 e. The van der Waals surface area contributed by atoms with Crippen molar-refractivity contribution < 1.29 is 4.79 Å². The minimum Gasteiger partial charge on any atom is -0.298 e.